The van der Waals surface area contributed by atoms with Gasteiger partial charge in [-0.3, -0.25) is 14.4 Å². The maximum absolute atomic E-state index is 11.8. The molecule has 0 saturated carbocycles. The number of esters is 2. The van der Waals surface area contributed by atoms with Gasteiger partial charge in [0.15, 0.2) is 0 Å². The van der Waals surface area contributed by atoms with Crippen LogP contribution >= 0.6 is 0 Å². The quantitative estimate of drug-likeness (QED) is 0.374. The standard InChI is InChI=1S/C24H37NO6/c1-16(2)24(31-19(5)28)23(25-17(3)26)22(30-18(4)27)11-9-7-8-10-20-12-14-21(29-6)15-13-20/h12-16,22-24H,7-11H2,1-6H3,(H,25,26). The summed E-state index contributed by atoms with van der Waals surface area (Å²) in [4.78, 5) is 35.2. The molecule has 3 unspecified atom stereocenters. The van der Waals surface area contributed by atoms with Gasteiger partial charge in [0, 0.05) is 20.8 Å². The van der Waals surface area contributed by atoms with E-state index >= 15 is 0 Å². The number of unbranched alkanes of at least 4 members (excludes halogenated alkanes) is 2. The van der Waals surface area contributed by atoms with E-state index in [0.717, 1.165) is 31.4 Å². The minimum Gasteiger partial charge on any atom is -0.497 e. The molecule has 0 saturated heterocycles. The van der Waals surface area contributed by atoms with Gasteiger partial charge in [-0.15, -0.1) is 0 Å². The number of methoxy groups -OCH3 is 1. The van der Waals surface area contributed by atoms with Crippen LogP contribution in [0.4, 0.5) is 0 Å². The van der Waals surface area contributed by atoms with Crippen LogP contribution < -0.4 is 10.1 Å². The summed E-state index contributed by atoms with van der Waals surface area (Å²) in [5.74, 6) is -0.350. The maximum Gasteiger partial charge on any atom is 0.302 e. The van der Waals surface area contributed by atoms with Gasteiger partial charge in [-0.2, -0.15) is 0 Å². The number of ether oxygens (including phenoxy) is 3. The Kier molecular flexibility index (Phi) is 11.7. The number of aryl methyl sites for hydroxylation is 1. The lowest BCUT2D eigenvalue weighted by Crippen LogP contribution is -2.54. The van der Waals surface area contributed by atoms with E-state index in [9.17, 15) is 14.4 Å². The van der Waals surface area contributed by atoms with Crippen LogP contribution in [0.1, 0.15) is 65.9 Å². The molecule has 0 aromatic heterocycles. The lowest BCUT2D eigenvalue weighted by atomic mass is 9.91. The monoisotopic (exact) mass is 435 g/mol. The summed E-state index contributed by atoms with van der Waals surface area (Å²) >= 11 is 0. The van der Waals surface area contributed by atoms with E-state index < -0.39 is 30.2 Å². The van der Waals surface area contributed by atoms with Gasteiger partial charge in [-0.05, 0) is 49.3 Å². The van der Waals surface area contributed by atoms with Crippen molar-refractivity contribution in [2.24, 2.45) is 5.92 Å². The van der Waals surface area contributed by atoms with Crippen LogP contribution in [0.2, 0.25) is 0 Å². The van der Waals surface area contributed by atoms with Gasteiger partial charge in [0.2, 0.25) is 5.91 Å². The zero-order valence-electron chi connectivity index (χ0n) is 19.6. The first-order chi connectivity index (χ1) is 14.6. The van der Waals surface area contributed by atoms with Crippen molar-refractivity contribution in [2.45, 2.75) is 85.0 Å². The van der Waals surface area contributed by atoms with Crippen LogP contribution in [-0.4, -0.2) is 43.2 Å². The zero-order valence-corrected chi connectivity index (χ0v) is 19.6. The Bertz CT molecular complexity index is 701. The Labute approximate surface area is 185 Å². The van der Waals surface area contributed by atoms with Crippen LogP contribution in [0.25, 0.3) is 0 Å². The summed E-state index contributed by atoms with van der Waals surface area (Å²) in [6, 6.07) is 7.40. The lowest BCUT2D eigenvalue weighted by Gasteiger charge is -2.35. The van der Waals surface area contributed by atoms with Crippen LogP contribution in [-0.2, 0) is 30.3 Å². The molecule has 0 heterocycles. The minimum atomic E-state index is -0.605. The first-order valence-corrected chi connectivity index (χ1v) is 10.9. The van der Waals surface area contributed by atoms with E-state index in [0.29, 0.717) is 6.42 Å². The van der Waals surface area contributed by atoms with E-state index in [-0.39, 0.29) is 11.8 Å². The molecular formula is C24H37NO6. The van der Waals surface area contributed by atoms with Crippen molar-refractivity contribution in [1.29, 1.82) is 0 Å². The molecule has 0 radical (unpaired) electrons. The number of carbonyl (C=O) groups excluding carboxylic acids is 3. The van der Waals surface area contributed by atoms with Gasteiger partial charge < -0.3 is 19.5 Å². The highest BCUT2D eigenvalue weighted by atomic mass is 16.6. The maximum atomic E-state index is 11.8. The molecule has 1 aromatic rings. The van der Waals surface area contributed by atoms with Crippen molar-refractivity contribution in [2.75, 3.05) is 7.11 Å². The van der Waals surface area contributed by atoms with E-state index in [4.69, 9.17) is 14.2 Å². The van der Waals surface area contributed by atoms with Gasteiger partial charge >= 0.3 is 11.9 Å². The molecule has 1 aromatic carbocycles. The second-order valence-electron chi connectivity index (χ2n) is 8.14. The second-order valence-corrected chi connectivity index (χ2v) is 8.14. The third kappa shape index (κ3) is 10.3. The lowest BCUT2D eigenvalue weighted by molar-refractivity contribution is -0.160. The molecule has 7 nitrogen and oxygen atoms in total. The van der Waals surface area contributed by atoms with Crippen LogP contribution in [0.5, 0.6) is 5.75 Å². The van der Waals surface area contributed by atoms with Crippen molar-refractivity contribution in [1.82, 2.24) is 5.32 Å². The number of rotatable bonds is 13. The van der Waals surface area contributed by atoms with E-state index in [1.807, 2.05) is 26.0 Å². The third-order valence-electron chi connectivity index (χ3n) is 5.01. The molecule has 0 aliphatic heterocycles. The Morgan fingerprint density at radius 2 is 1.52 bits per heavy atom. The summed E-state index contributed by atoms with van der Waals surface area (Å²) < 4.78 is 16.2. The molecule has 1 rings (SSSR count). The minimum absolute atomic E-state index is 0.0612. The van der Waals surface area contributed by atoms with Crippen LogP contribution in [0, 0.1) is 5.92 Å². The van der Waals surface area contributed by atoms with Gasteiger partial charge in [0.25, 0.3) is 0 Å². The summed E-state index contributed by atoms with van der Waals surface area (Å²) in [6.45, 7) is 7.89. The number of amides is 1. The largest absolute Gasteiger partial charge is 0.497 e. The molecule has 1 amide bonds. The average Bonchev–Trinajstić information content (AvgIpc) is 2.69. The zero-order chi connectivity index (χ0) is 23.4. The predicted molar refractivity (Wildman–Crippen MR) is 119 cm³/mol. The number of benzene rings is 1. The first-order valence-electron chi connectivity index (χ1n) is 10.9. The molecule has 3 atom stereocenters. The summed E-state index contributed by atoms with van der Waals surface area (Å²) in [6.07, 6.45) is 3.09. The van der Waals surface area contributed by atoms with Crippen molar-refractivity contribution >= 4 is 17.8 Å². The summed E-state index contributed by atoms with van der Waals surface area (Å²) in [5, 5.41) is 2.84. The molecule has 0 aliphatic rings. The van der Waals surface area contributed by atoms with Gasteiger partial charge in [0.05, 0.1) is 7.11 Å². The Morgan fingerprint density at radius 1 is 0.903 bits per heavy atom. The molecule has 1 N–H and O–H groups in total. The molecule has 7 heteroatoms. The first kappa shape index (κ1) is 26.5. The highest BCUT2D eigenvalue weighted by Crippen LogP contribution is 2.21. The molecule has 0 spiro atoms. The fraction of sp³-hybridized carbons (Fsp3) is 0.625. The van der Waals surface area contributed by atoms with Crippen LogP contribution in [0.15, 0.2) is 24.3 Å². The molecule has 0 fully saturated rings. The molecule has 31 heavy (non-hydrogen) atoms. The predicted octanol–water partition coefficient (Wildman–Crippen LogP) is 3.82. The molecular weight excluding hydrogens is 398 g/mol. The molecule has 0 bridgehead atoms. The average molecular weight is 436 g/mol. The second kappa shape index (κ2) is 13.7. The van der Waals surface area contributed by atoms with Crippen molar-refractivity contribution in [3.05, 3.63) is 29.8 Å². The van der Waals surface area contributed by atoms with Crippen LogP contribution in [0.3, 0.4) is 0 Å². The smallest absolute Gasteiger partial charge is 0.302 e. The highest BCUT2D eigenvalue weighted by Gasteiger charge is 2.36. The van der Waals surface area contributed by atoms with Gasteiger partial charge in [-0.25, -0.2) is 0 Å². The topological polar surface area (TPSA) is 90.9 Å². The van der Waals surface area contributed by atoms with E-state index in [1.165, 1.54) is 26.3 Å². The Morgan fingerprint density at radius 3 is 2.00 bits per heavy atom. The fourth-order valence-corrected chi connectivity index (χ4v) is 3.61. The number of hydrogen-bond acceptors (Lipinski definition) is 6. The SMILES string of the molecule is COc1ccc(CCCCCC(OC(C)=O)C(NC(C)=O)C(OC(C)=O)C(C)C)cc1. The fourth-order valence-electron chi connectivity index (χ4n) is 3.61. The normalized spacial score (nSPS) is 13.8. The highest BCUT2D eigenvalue weighted by molar-refractivity contribution is 5.73. The van der Waals surface area contributed by atoms with Crippen molar-refractivity contribution in [3.63, 3.8) is 0 Å². The Balaban J connectivity index is 2.75. The molecule has 0 aliphatic carbocycles. The number of hydrogen-bond donors (Lipinski definition) is 1. The van der Waals surface area contributed by atoms with Gasteiger partial charge in [0.1, 0.15) is 24.0 Å². The number of carbonyl (C=O) groups is 3. The van der Waals surface area contributed by atoms with Gasteiger partial charge in [-0.1, -0.05) is 32.4 Å². The van der Waals surface area contributed by atoms with E-state index in [2.05, 4.69) is 17.4 Å². The summed E-state index contributed by atoms with van der Waals surface area (Å²) in [7, 11) is 1.65. The summed E-state index contributed by atoms with van der Waals surface area (Å²) in [5.41, 5.74) is 1.24. The Hall–Kier alpha value is -2.57. The van der Waals surface area contributed by atoms with E-state index in [1.54, 1.807) is 7.11 Å². The number of nitrogens with one attached hydrogen (secondary N) is 1. The van der Waals surface area contributed by atoms with Crippen molar-refractivity contribution < 1.29 is 28.6 Å². The third-order valence-corrected chi connectivity index (χ3v) is 5.01. The van der Waals surface area contributed by atoms with Crippen molar-refractivity contribution in [3.8, 4) is 5.75 Å². The molecule has 174 valence electrons.